The van der Waals surface area contributed by atoms with Crippen molar-refractivity contribution in [3.05, 3.63) is 33.7 Å². The van der Waals surface area contributed by atoms with E-state index in [1.807, 2.05) is 9.47 Å². The largest absolute Gasteiger partial charge is 0.352 e. The Kier molecular flexibility index (Phi) is 7.14. The molecule has 2 heterocycles. The summed E-state index contributed by atoms with van der Waals surface area (Å²) in [5, 5.41) is 3.00. The lowest BCUT2D eigenvalue weighted by Gasteiger charge is -2.35. The number of piperidine rings is 1. The molecule has 2 aliphatic rings. The first kappa shape index (κ1) is 21.6. The molecule has 2 amide bonds. The Labute approximate surface area is 173 Å². The van der Waals surface area contributed by atoms with Crippen molar-refractivity contribution in [1.29, 1.82) is 0 Å². The molecule has 6 nitrogen and oxygen atoms in total. The highest BCUT2D eigenvalue weighted by Gasteiger charge is 2.30. The van der Waals surface area contributed by atoms with E-state index < -0.39 is 5.43 Å². The first-order chi connectivity index (χ1) is 13.9. The van der Waals surface area contributed by atoms with Crippen molar-refractivity contribution in [3.63, 3.8) is 0 Å². The molecule has 29 heavy (non-hydrogen) atoms. The molecule has 1 aliphatic carbocycles. The monoisotopic (exact) mass is 401 g/mol. The Morgan fingerprint density at radius 3 is 2.38 bits per heavy atom. The van der Waals surface area contributed by atoms with Gasteiger partial charge in [-0.2, -0.15) is 0 Å². The molecule has 2 fully saturated rings. The number of rotatable bonds is 6. The van der Waals surface area contributed by atoms with E-state index in [9.17, 15) is 14.4 Å². The fourth-order valence-corrected chi connectivity index (χ4v) is 4.65. The van der Waals surface area contributed by atoms with E-state index in [0.29, 0.717) is 19.0 Å². The van der Waals surface area contributed by atoms with Crippen molar-refractivity contribution >= 4 is 11.8 Å². The van der Waals surface area contributed by atoms with Crippen molar-refractivity contribution < 1.29 is 9.59 Å². The third-order valence-corrected chi connectivity index (χ3v) is 6.18. The van der Waals surface area contributed by atoms with E-state index in [1.165, 1.54) is 0 Å². The van der Waals surface area contributed by atoms with E-state index in [-0.39, 0.29) is 35.0 Å². The highest BCUT2D eigenvalue weighted by atomic mass is 16.2. The quantitative estimate of drug-likeness (QED) is 0.792. The molecule has 1 aromatic rings. The van der Waals surface area contributed by atoms with Gasteiger partial charge in [0.15, 0.2) is 0 Å². The van der Waals surface area contributed by atoms with Crippen LogP contribution in [0.4, 0.5) is 0 Å². The fourth-order valence-electron chi connectivity index (χ4n) is 4.65. The molecule has 0 aromatic carbocycles. The van der Waals surface area contributed by atoms with E-state index in [1.54, 1.807) is 12.4 Å². The topological polar surface area (TPSA) is 71.4 Å². The molecule has 1 aromatic heterocycles. The van der Waals surface area contributed by atoms with Crippen molar-refractivity contribution in [2.45, 2.75) is 90.8 Å². The lowest BCUT2D eigenvalue weighted by molar-refractivity contribution is 0.0605. The fraction of sp³-hybridized carbons (Fsp3) is 0.696. The molecule has 0 radical (unpaired) electrons. The SMILES string of the molecule is CC[C@H]1CCCCN1C(=O)c1cn(CC(C)C)cc(C(=O)NC2CCCC2)c1=O. The maximum absolute atomic E-state index is 13.3. The number of likely N-dealkylation sites (tertiary alicyclic amines) is 1. The zero-order chi connectivity index (χ0) is 21.0. The molecule has 1 N–H and O–H groups in total. The normalized spacial score (nSPS) is 20.3. The van der Waals surface area contributed by atoms with Gasteiger partial charge in [0.2, 0.25) is 5.43 Å². The Balaban J connectivity index is 1.95. The summed E-state index contributed by atoms with van der Waals surface area (Å²) in [6.45, 7) is 7.57. The van der Waals surface area contributed by atoms with Crippen LogP contribution in [0.1, 0.15) is 92.9 Å². The maximum Gasteiger partial charge on any atom is 0.259 e. The minimum Gasteiger partial charge on any atom is -0.352 e. The average Bonchev–Trinajstić information content (AvgIpc) is 3.21. The summed E-state index contributed by atoms with van der Waals surface area (Å²) in [4.78, 5) is 41.2. The zero-order valence-corrected chi connectivity index (χ0v) is 18.1. The molecule has 160 valence electrons. The van der Waals surface area contributed by atoms with Gasteiger partial charge in [-0.15, -0.1) is 0 Å². The number of carbonyl (C=O) groups is 2. The standard InChI is InChI=1S/C23H35N3O3/c1-4-18-11-7-8-12-26(18)23(29)20-15-25(13-16(2)3)14-19(21(20)27)22(28)24-17-9-5-6-10-17/h14-18H,4-13H2,1-3H3,(H,24,28)/t18-/m0/s1. The van der Waals surface area contributed by atoms with Gasteiger partial charge < -0.3 is 14.8 Å². The minimum atomic E-state index is -0.439. The van der Waals surface area contributed by atoms with Crippen LogP contribution in [-0.2, 0) is 6.54 Å². The molecule has 0 bridgehead atoms. The van der Waals surface area contributed by atoms with Gasteiger partial charge in [-0.25, -0.2) is 0 Å². The second kappa shape index (κ2) is 9.59. The third-order valence-electron chi connectivity index (χ3n) is 6.18. The molecule has 1 aliphatic heterocycles. The average molecular weight is 402 g/mol. The van der Waals surface area contributed by atoms with Gasteiger partial charge in [-0.3, -0.25) is 14.4 Å². The second-order valence-electron chi connectivity index (χ2n) is 9.02. The molecule has 0 unspecified atom stereocenters. The van der Waals surface area contributed by atoms with Crippen LogP contribution in [0.15, 0.2) is 17.2 Å². The van der Waals surface area contributed by atoms with Crippen molar-refractivity contribution in [2.24, 2.45) is 5.92 Å². The van der Waals surface area contributed by atoms with Crippen LogP contribution in [0.25, 0.3) is 0 Å². The third kappa shape index (κ3) is 5.09. The molecular weight excluding hydrogens is 366 g/mol. The maximum atomic E-state index is 13.3. The molecule has 6 heteroatoms. The summed E-state index contributed by atoms with van der Waals surface area (Å²) in [7, 11) is 0. The Hall–Kier alpha value is -2.11. The number of carbonyl (C=O) groups excluding carboxylic acids is 2. The zero-order valence-electron chi connectivity index (χ0n) is 18.1. The van der Waals surface area contributed by atoms with Gasteiger partial charge in [-0.05, 0) is 44.4 Å². The predicted octanol–water partition coefficient (Wildman–Crippen LogP) is 3.58. The highest BCUT2D eigenvalue weighted by molar-refractivity contribution is 5.99. The van der Waals surface area contributed by atoms with Crippen LogP contribution >= 0.6 is 0 Å². The van der Waals surface area contributed by atoms with Crippen molar-refractivity contribution in [1.82, 2.24) is 14.8 Å². The highest BCUT2D eigenvalue weighted by Crippen LogP contribution is 2.22. The van der Waals surface area contributed by atoms with Gasteiger partial charge >= 0.3 is 0 Å². The number of pyridine rings is 1. The number of nitrogens with one attached hydrogen (secondary N) is 1. The van der Waals surface area contributed by atoms with Gasteiger partial charge in [0.25, 0.3) is 11.8 Å². The summed E-state index contributed by atoms with van der Waals surface area (Å²) in [6.07, 6.45) is 11.3. The van der Waals surface area contributed by atoms with Crippen LogP contribution < -0.4 is 10.7 Å². The van der Waals surface area contributed by atoms with Gasteiger partial charge in [0.05, 0.1) is 0 Å². The van der Waals surface area contributed by atoms with E-state index in [4.69, 9.17) is 0 Å². The van der Waals surface area contributed by atoms with Crippen LogP contribution in [0, 0.1) is 5.92 Å². The summed E-state index contributed by atoms with van der Waals surface area (Å²) in [5.41, 5.74) is -0.218. The number of nitrogens with zero attached hydrogens (tertiary/aromatic N) is 2. The van der Waals surface area contributed by atoms with Gasteiger partial charge in [0.1, 0.15) is 11.1 Å². The molecule has 1 saturated carbocycles. The van der Waals surface area contributed by atoms with Crippen LogP contribution in [0.3, 0.4) is 0 Å². The molecule has 3 rings (SSSR count). The van der Waals surface area contributed by atoms with Crippen molar-refractivity contribution in [3.8, 4) is 0 Å². The summed E-state index contributed by atoms with van der Waals surface area (Å²) >= 11 is 0. The summed E-state index contributed by atoms with van der Waals surface area (Å²) in [6, 6.07) is 0.302. The lowest BCUT2D eigenvalue weighted by Crippen LogP contribution is -2.46. The smallest absolute Gasteiger partial charge is 0.259 e. The summed E-state index contributed by atoms with van der Waals surface area (Å²) in [5.74, 6) is -0.237. The Morgan fingerprint density at radius 1 is 1.07 bits per heavy atom. The van der Waals surface area contributed by atoms with Crippen LogP contribution in [-0.4, -0.2) is 39.9 Å². The predicted molar refractivity (Wildman–Crippen MR) is 114 cm³/mol. The van der Waals surface area contributed by atoms with E-state index >= 15 is 0 Å². The molecular formula is C23H35N3O3. The van der Waals surface area contributed by atoms with E-state index in [2.05, 4.69) is 26.1 Å². The number of amides is 2. The van der Waals surface area contributed by atoms with Crippen LogP contribution in [0.2, 0.25) is 0 Å². The number of hydrogen-bond donors (Lipinski definition) is 1. The van der Waals surface area contributed by atoms with Gasteiger partial charge in [0, 0.05) is 37.6 Å². The Bertz CT molecular complexity index is 793. The molecule has 0 spiro atoms. The Morgan fingerprint density at radius 2 is 1.72 bits per heavy atom. The van der Waals surface area contributed by atoms with Crippen LogP contribution in [0.5, 0.6) is 0 Å². The lowest BCUT2D eigenvalue weighted by atomic mass is 9.98. The minimum absolute atomic E-state index is 0.0912. The van der Waals surface area contributed by atoms with Gasteiger partial charge in [-0.1, -0.05) is 33.6 Å². The number of hydrogen-bond acceptors (Lipinski definition) is 3. The first-order valence-corrected chi connectivity index (χ1v) is 11.3. The first-order valence-electron chi connectivity index (χ1n) is 11.3. The van der Waals surface area contributed by atoms with Crippen molar-refractivity contribution in [2.75, 3.05) is 6.54 Å². The molecule has 1 saturated heterocycles. The van der Waals surface area contributed by atoms with E-state index in [0.717, 1.165) is 51.4 Å². The second-order valence-corrected chi connectivity index (χ2v) is 9.02. The molecule has 1 atom stereocenters. The summed E-state index contributed by atoms with van der Waals surface area (Å²) < 4.78 is 1.84. The number of aromatic nitrogens is 1.